The predicted octanol–water partition coefficient (Wildman–Crippen LogP) is 3.93. The van der Waals surface area contributed by atoms with Gasteiger partial charge in [0.1, 0.15) is 11.7 Å². The number of carbonyl (C=O) groups excluding carboxylic acids is 2. The molecule has 0 radical (unpaired) electrons. The predicted molar refractivity (Wildman–Crippen MR) is 108 cm³/mol. The van der Waals surface area contributed by atoms with Gasteiger partial charge < -0.3 is 0 Å². The maximum atomic E-state index is 13.4. The Morgan fingerprint density at radius 3 is 2.17 bits per heavy atom. The van der Waals surface area contributed by atoms with Crippen molar-refractivity contribution >= 4 is 34.8 Å². The van der Waals surface area contributed by atoms with Crippen LogP contribution in [-0.4, -0.2) is 22.9 Å². The van der Waals surface area contributed by atoms with Gasteiger partial charge in [-0.15, -0.1) is 0 Å². The van der Waals surface area contributed by atoms with Gasteiger partial charge in [0.2, 0.25) is 5.91 Å². The van der Waals surface area contributed by atoms with Crippen molar-refractivity contribution < 1.29 is 18.8 Å². The number of carbonyl (C=O) groups is 2. The third-order valence-electron chi connectivity index (χ3n) is 5.33. The molecule has 2 fully saturated rings. The smallest absolute Gasteiger partial charge is 0.266 e. The number of amides is 2. The van der Waals surface area contributed by atoms with E-state index in [0.717, 1.165) is 10.5 Å². The number of halogens is 2. The highest BCUT2D eigenvalue weighted by atomic mass is 35.5. The minimum Gasteiger partial charge on any atom is -0.273 e. The van der Waals surface area contributed by atoms with Gasteiger partial charge in [0.15, 0.2) is 6.10 Å². The molecule has 0 aliphatic carbocycles. The maximum Gasteiger partial charge on any atom is 0.266 e. The molecular weight excluding hydrogens is 409 g/mol. The van der Waals surface area contributed by atoms with Gasteiger partial charge in [0.25, 0.3) is 5.91 Å². The van der Waals surface area contributed by atoms with Crippen molar-refractivity contribution in [3.8, 4) is 0 Å². The van der Waals surface area contributed by atoms with Crippen LogP contribution in [0.2, 0.25) is 5.02 Å². The molecule has 2 aliphatic heterocycles. The Labute approximate surface area is 176 Å². The lowest BCUT2D eigenvalue weighted by Crippen LogP contribution is -2.37. The second-order valence-electron chi connectivity index (χ2n) is 7.07. The summed E-state index contributed by atoms with van der Waals surface area (Å²) in [4.78, 5) is 37.6. The second-order valence-corrected chi connectivity index (χ2v) is 7.50. The number of hydrogen-bond donors (Lipinski definition) is 0. The zero-order valence-electron chi connectivity index (χ0n) is 15.5. The summed E-state index contributed by atoms with van der Waals surface area (Å²) in [5, 5.41) is 2.15. The molecule has 6 nitrogen and oxygen atoms in total. The summed E-state index contributed by atoms with van der Waals surface area (Å²) >= 11 is 6.00. The van der Waals surface area contributed by atoms with Gasteiger partial charge in [-0.1, -0.05) is 11.6 Å². The van der Waals surface area contributed by atoms with Gasteiger partial charge in [-0.05, 0) is 66.2 Å². The molecule has 0 spiro atoms. The van der Waals surface area contributed by atoms with Crippen molar-refractivity contribution in [2.75, 3.05) is 9.96 Å². The molecule has 0 bridgehead atoms. The van der Waals surface area contributed by atoms with E-state index in [2.05, 4.69) is 4.98 Å². The molecule has 2 saturated heterocycles. The van der Waals surface area contributed by atoms with Gasteiger partial charge in [-0.3, -0.25) is 19.4 Å². The first kappa shape index (κ1) is 18.7. The highest BCUT2D eigenvalue weighted by molar-refractivity contribution is 6.30. The minimum absolute atomic E-state index is 0.316. The Bertz CT molecular complexity index is 1110. The van der Waals surface area contributed by atoms with E-state index in [-0.39, 0.29) is 0 Å². The van der Waals surface area contributed by atoms with Gasteiger partial charge in [-0.25, -0.2) is 14.4 Å². The third-order valence-corrected chi connectivity index (χ3v) is 5.58. The number of nitrogens with zero attached hydrogens (tertiary/aromatic N) is 3. The average molecular weight is 424 g/mol. The van der Waals surface area contributed by atoms with Crippen LogP contribution in [0.25, 0.3) is 0 Å². The summed E-state index contributed by atoms with van der Waals surface area (Å²) in [5.74, 6) is -2.08. The fourth-order valence-corrected chi connectivity index (χ4v) is 4.10. The number of benzene rings is 2. The summed E-state index contributed by atoms with van der Waals surface area (Å²) in [6.07, 6.45) is 2.26. The van der Waals surface area contributed by atoms with Crippen molar-refractivity contribution in [3.05, 3.63) is 89.5 Å². The first-order chi connectivity index (χ1) is 14.5. The number of hydrogen-bond acceptors (Lipinski definition) is 5. The number of pyridine rings is 1. The van der Waals surface area contributed by atoms with Crippen molar-refractivity contribution in [1.82, 2.24) is 4.98 Å². The topological polar surface area (TPSA) is 62.7 Å². The average Bonchev–Trinajstić information content (AvgIpc) is 3.26. The molecule has 0 saturated carbocycles. The van der Waals surface area contributed by atoms with Crippen LogP contribution in [-0.2, 0) is 14.4 Å². The Morgan fingerprint density at radius 2 is 1.50 bits per heavy atom. The Morgan fingerprint density at radius 1 is 0.867 bits per heavy atom. The number of imide groups is 1. The monoisotopic (exact) mass is 423 g/mol. The molecule has 1 aromatic heterocycles. The lowest BCUT2D eigenvalue weighted by molar-refractivity contribution is -0.126. The standard InChI is InChI=1S/C22H15ClFN3O3/c23-14-1-5-17(6-2-14)27-19(13-9-11-25-12-10-13)18-20(30-27)22(29)26(21(18)28)16-7-3-15(24)4-8-16/h1-12,18-20H. The van der Waals surface area contributed by atoms with Gasteiger partial charge >= 0.3 is 0 Å². The largest absolute Gasteiger partial charge is 0.273 e. The van der Waals surface area contributed by atoms with Crippen LogP contribution in [0.1, 0.15) is 11.6 Å². The molecule has 3 atom stereocenters. The number of hydroxylamine groups is 1. The molecule has 0 N–H and O–H groups in total. The first-order valence-electron chi connectivity index (χ1n) is 9.29. The summed E-state index contributed by atoms with van der Waals surface area (Å²) in [6.45, 7) is 0. The lowest BCUT2D eigenvalue weighted by Gasteiger charge is -2.28. The Balaban J connectivity index is 1.57. The number of fused-ring (bicyclic) bond motifs is 1. The zero-order valence-corrected chi connectivity index (χ0v) is 16.2. The molecule has 150 valence electrons. The van der Waals surface area contributed by atoms with Gasteiger partial charge in [-0.2, -0.15) is 0 Å². The van der Waals surface area contributed by atoms with E-state index in [9.17, 15) is 14.0 Å². The van der Waals surface area contributed by atoms with Crippen molar-refractivity contribution in [3.63, 3.8) is 0 Å². The molecule has 2 amide bonds. The van der Waals surface area contributed by atoms with Crippen LogP contribution in [0, 0.1) is 11.7 Å². The molecule has 2 aliphatic rings. The van der Waals surface area contributed by atoms with Crippen LogP contribution < -0.4 is 9.96 Å². The van der Waals surface area contributed by atoms with E-state index in [1.807, 2.05) is 0 Å². The fourth-order valence-electron chi connectivity index (χ4n) is 3.97. The molecule has 3 heterocycles. The van der Waals surface area contributed by atoms with Crippen molar-refractivity contribution in [1.29, 1.82) is 0 Å². The van der Waals surface area contributed by atoms with Crippen molar-refractivity contribution in [2.45, 2.75) is 12.1 Å². The SMILES string of the molecule is O=C1C2ON(c3ccc(Cl)cc3)C(c3ccncc3)C2C(=O)N1c1ccc(F)cc1. The number of aromatic nitrogens is 1. The normalized spacial score (nSPS) is 23.2. The van der Waals surface area contributed by atoms with Crippen LogP contribution in [0.3, 0.4) is 0 Å². The Hall–Kier alpha value is -3.29. The molecule has 8 heteroatoms. The summed E-state index contributed by atoms with van der Waals surface area (Å²) < 4.78 is 13.3. The summed E-state index contributed by atoms with van der Waals surface area (Å²) in [6, 6.07) is 15.2. The van der Waals surface area contributed by atoms with E-state index < -0.39 is 35.7 Å². The zero-order chi connectivity index (χ0) is 20.8. The van der Waals surface area contributed by atoms with Gasteiger partial charge in [0.05, 0.1) is 17.4 Å². The fraction of sp³-hybridized carbons (Fsp3) is 0.136. The van der Waals surface area contributed by atoms with Crippen LogP contribution in [0.4, 0.5) is 15.8 Å². The quantitative estimate of drug-likeness (QED) is 0.597. The maximum absolute atomic E-state index is 13.4. The van der Waals surface area contributed by atoms with Crippen LogP contribution >= 0.6 is 11.6 Å². The number of anilines is 2. The van der Waals surface area contributed by atoms with E-state index in [4.69, 9.17) is 16.4 Å². The first-order valence-corrected chi connectivity index (χ1v) is 9.67. The molecular formula is C22H15ClFN3O3. The second kappa shape index (κ2) is 7.19. The van der Waals surface area contributed by atoms with E-state index in [1.54, 1.807) is 53.9 Å². The lowest BCUT2D eigenvalue weighted by atomic mass is 9.91. The highest BCUT2D eigenvalue weighted by Crippen LogP contribution is 2.47. The van der Waals surface area contributed by atoms with E-state index >= 15 is 0 Å². The highest BCUT2D eigenvalue weighted by Gasteiger charge is 2.60. The van der Waals surface area contributed by atoms with Gasteiger partial charge in [0, 0.05) is 17.4 Å². The molecule has 3 unspecified atom stereocenters. The molecule has 30 heavy (non-hydrogen) atoms. The summed E-state index contributed by atoms with van der Waals surface area (Å²) in [7, 11) is 0. The Kier molecular flexibility index (Phi) is 4.49. The minimum atomic E-state index is -0.989. The van der Waals surface area contributed by atoms with Crippen molar-refractivity contribution in [2.24, 2.45) is 5.92 Å². The summed E-state index contributed by atoms with van der Waals surface area (Å²) in [5.41, 5.74) is 1.77. The molecule has 2 aromatic carbocycles. The molecule has 5 rings (SSSR count). The van der Waals surface area contributed by atoms with E-state index in [1.165, 1.54) is 24.3 Å². The third kappa shape index (κ3) is 2.94. The van der Waals surface area contributed by atoms with E-state index in [0.29, 0.717) is 16.4 Å². The van der Waals surface area contributed by atoms with Crippen LogP contribution in [0.15, 0.2) is 73.1 Å². The molecule has 3 aromatic rings. The van der Waals surface area contributed by atoms with Crippen LogP contribution in [0.5, 0.6) is 0 Å². The number of rotatable bonds is 3.